The second kappa shape index (κ2) is 9.82. The van der Waals surface area contributed by atoms with Gasteiger partial charge in [0, 0.05) is 6.20 Å². The molecule has 0 saturated heterocycles. The van der Waals surface area contributed by atoms with E-state index >= 15 is 0 Å². The number of amides is 1. The van der Waals surface area contributed by atoms with E-state index in [4.69, 9.17) is 9.47 Å². The number of carbonyl (C=O) groups excluding carboxylic acids is 1. The molecule has 136 valence electrons. The first-order chi connectivity index (χ1) is 13.3. The number of benzene rings is 3. The van der Waals surface area contributed by atoms with Crippen LogP contribution in [0.1, 0.15) is 16.7 Å². The van der Waals surface area contributed by atoms with E-state index in [0.29, 0.717) is 6.61 Å². The van der Waals surface area contributed by atoms with Crippen molar-refractivity contribution in [3.8, 4) is 5.75 Å². The Bertz CT molecular complexity index is 859. The summed E-state index contributed by atoms with van der Waals surface area (Å²) in [5.41, 5.74) is 3.02. The van der Waals surface area contributed by atoms with Crippen LogP contribution in [0.5, 0.6) is 5.75 Å². The number of hydrogen-bond acceptors (Lipinski definition) is 3. The summed E-state index contributed by atoms with van der Waals surface area (Å²) in [4.78, 5) is 11.7. The Morgan fingerprint density at radius 1 is 0.778 bits per heavy atom. The van der Waals surface area contributed by atoms with Crippen LogP contribution in [0.2, 0.25) is 0 Å². The van der Waals surface area contributed by atoms with Gasteiger partial charge in [0.05, 0.1) is 0 Å². The van der Waals surface area contributed by atoms with Crippen molar-refractivity contribution in [2.45, 2.75) is 13.2 Å². The lowest BCUT2D eigenvalue weighted by atomic mass is 10.2. The SMILES string of the molecule is O=C(NC=Cc1ccc(OCc2ccccc2)cc1)OCc1ccccc1. The Kier molecular flexibility index (Phi) is 6.65. The monoisotopic (exact) mass is 359 g/mol. The molecule has 4 heteroatoms. The van der Waals surface area contributed by atoms with Crippen LogP contribution in [0.15, 0.2) is 91.1 Å². The van der Waals surface area contributed by atoms with Gasteiger partial charge in [-0.3, -0.25) is 5.32 Å². The molecule has 4 nitrogen and oxygen atoms in total. The lowest BCUT2D eigenvalue weighted by molar-refractivity contribution is 0.143. The molecule has 0 aliphatic heterocycles. The summed E-state index contributed by atoms with van der Waals surface area (Å²) in [6.07, 6.45) is 2.87. The van der Waals surface area contributed by atoms with Crippen LogP contribution in [0.25, 0.3) is 6.08 Å². The van der Waals surface area contributed by atoms with Crippen molar-refractivity contribution in [2.75, 3.05) is 0 Å². The molecule has 3 rings (SSSR count). The summed E-state index contributed by atoms with van der Waals surface area (Å²) in [6.45, 7) is 0.777. The molecule has 0 radical (unpaired) electrons. The molecule has 0 aliphatic rings. The molecule has 1 N–H and O–H groups in total. The molecule has 0 atom stereocenters. The van der Waals surface area contributed by atoms with Gasteiger partial charge in [0.25, 0.3) is 0 Å². The number of hydrogen-bond donors (Lipinski definition) is 1. The van der Waals surface area contributed by atoms with E-state index in [1.165, 1.54) is 0 Å². The quantitative estimate of drug-likeness (QED) is 0.634. The van der Waals surface area contributed by atoms with Crippen LogP contribution >= 0.6 is 0 Å². The molecule has 0 bridgehead atoms. The summed E-state index contributed by atoms with van der Waals surface area (Å²) in [7, 11) is 0. The van der Waals surface area contributed by atoms with Gasteiger partial charge in [0.15, 0.2) is 0 Å². The predicted molar refractivity (Wildman–Crippen MR) is 106 cm³/mol. The van der Waals surface area contributed by atoms with E-state index in [1.807, 2.05) is 84.9 Å². The van der Waals surface area contributed by atoms with Crippen LogP contribution in [0, 0.1) is 0 Å². The molecule has 3 aromatic carbocycles. The molecule has 1 amide bonds. The highest BCUT2D eigenvalue weighted by Gasteiger charge is 2.00. The molecular formula is C23H21NO3. The standard InChI is InChI=1S/C23H21NO3/c25-23(27-18-21-9-5-2-6-10-21)24-16-15-19-11-13-22(14-12-19)26-17-20-7-3-1-4-8-20/h1-16H,17-18H2,(H,24,25). The Hall–Kier alpha value is -3.53. The normalized spacial score (nSPS) is 10.5. The number of rotatable bonds is 7. The molecule has 27 heavy (non-hydrogen) atoms. The van der Waals surface area contributed by atoms with Crippen LogP contribution < -0.4 is 10.1 Å². The Morgan fingerprint density at radius 2 is 1.37 bits per heavy atom. The summed E-state index contributed by atoms with van der Waals surface area (Å²) in [6, 6.07) is 27.2. The lowest BCUT2D eigenvalue weighted by Gasteiger charge is -2.06. The highest BCUT2D eigenvalue weighted by Crippen LogP contribution is 2.15. The van der Waals surface area contributed by atoms with Crippen molar-refractivity contribution < 1.29 is 14.3 Å². The van der Waals surface area contributed by atoms with E-state index in [-0.39, 0.29) is 6.61 Å². The average Bonchev–Trinajstić information content (AvgIpc) is 2.73. The predicted octanol–water partition coefficient (Wildman–Crippen LogP) is 5.16. The highest BCUT2D eigenvalue weighted by atomic mass is 16.5. The van der Waals surface area contributed by atoms with Crippen molar-refractivity contribution in [1.82, 2.24) is 5.32 Å². The maximum Gasteiger partial charge on any atom is 0.411 e. The number of nitrogens with one attached hydrogen (secondary N) is 1. The third-order valence-corrected chi connectivity index (χ3v) is 3.82. The van der Waals surface area contributed by atoms with Gasteiger partial charge < -0.3 is 9.47 Å². The smallest absolute Gasteiger partial charge is 0.411 e. The fraction of sp³-hybridized carbons (Fsp3) is 0.0870. The van der Waals surface area contributed by atoms with Gasteiger partial charge in [-0.25, -0.2) is 4.79 Å². The summed E-state index contributed by atoms with van der Waals surface area (Å²) in [5.74, 6) is 0.797. The minimum Gasteiger partial charge on any atom is -0.489 e. The summed E-state index contributed by atoms with van der Waals surface area (Å²) in [5, 5.41) is 2.59. The first-order valence-corrected chi connectivity index (χ1v) is 8.70. The zero-order valence-corrected chi connectivity index (χ0v) is 14.9. The number of ether oxygens (including phenoxy) is 2. The largest absolute Gasteiger partial charge is 0.489 e. The average molecular weight is 359 g/mol. The maximum absolute atomic E-state index is 11.7. The van der Waals surface area contributed by atoms with Crippen molar-refractivity contribution >= 4 is 12.2 Å². The second-order valence-corrected chi connectivity index (χ2v) is 5.88. The van der Waals surface area contributed by atoms with Gasteiger partial charge in [-0.15, -0.1) is 0 Å². The second-order valence-electron chi connectivity index (χ2n) is 5.88. The summed E-state index contributed by atoms with van der Waals surface area (Å²) < 4.78 is 10.9. The van der Waals surface area contributed by atoms with Gasteiger partial charge in [-0.1, -0.05) is 72.8 Å². The summed E-state index contributed by atoms with van der Waals surface area (Å²) >= 11 is 0. The third kappa shape index (κ3) is 6.36. The first-order valence-electron chi connectivity index (χ1n) is 8.70. The molecule has 0 spiro atoms. The van der Waals surface area contributed by atoms with Crippen molar-refractivity contribution in [3.05, 3.63) is 108 Å². The minimum atomic E-state index is -0.488. The highest BCUT2D eigenvalue weighted by molar-refractivity contribution is 5.69. The van der Waals surface area contributed by atoms with E-state index in [9.17, 15) is 4.79 Å². The number of alkyl carbamates (subject to hydrolysis) is 1. The molecule has 0 heterocycles. The Balaban J connectivity index is 1.41. The molecule has 0 aliphatic carbocycles. The van der Waals surface area contributed by atoms with Crippen LogP contribution in [0.4, 0.5) is 4.79 Å². The van der Waals surface area contributed by atoms with Crippen LogP contribution in [-0.2, 0) is 18.0 Å². The van der Waals surface area contributed by atoms with Crippen LogP contribution in [-0.4, -0.2) is 6.09 Å². The maximum atomic E-state index is 11.7. The van der Waals surface area contributed by atoms with E-state index in [0.717, 1.165) is 22.4 Å². The van der Waals surface area contributed by atoms with Crippen molar-refractivity contribution in [3.63, 3.8) is 0 Å². The van der Waals surface area contributed by atoms with Gasteiger partial charge in [-0.2, -0.15) is 0 Å². The Labute approximate surface area is 159 Å². The molecule has 0 unspecified atom stereocenters. The Morgan fingerprint density at radius 3 is 2.00 bits per heavy atom. The molecule has 0 saturated carbocycles. The molecular weight excluding hydrogens is 338 g/mol. The fourth-order valence-electron chi connectivity index (χ4n) is 2.39. The van der Waals surface area contributed by atoms with Crippen LogP contribution in [0.3, 0.4) is 0 Å². The third-order valence-electron chi connectivity index (χ3n) is 3.82. The van der Waals surface area contributed by atoms with E-state index in [2.05, 4.69) is 5.32 Å². The zero-order valence-electron chi connectivity index (χ0n) is 14.9. The molecule has 0 fully saturated rings. The van der Waals surface area contributed by atoms with Crippen molar-refractivity contribution in [2.24, 2.45) is 0 Å². The van der Waals surface area contributed by atoms with E-state index in [1.54, 1.807) is 12.3 Å². The van der Waals surface area contributed by atoms with Gasteiger partial charge >= 0.3 is 6.09 Å². The molecule has 0 aromatic heterocycles. The van der Waals surface area contributed by atoms with E-state index < -0.39 is 6.09 Å². The van der Waals surface area contributed by atoms with Gasteiger partial charge in [0.1, 0.15) is 19.0 Å². The molecule has 3 aromatic rings. The van der Waals surface area contributed by atoms with Crippen molar-refractivity contribution in [1.29, 1.82) is 0 Å². The minimum absolute atomic E-state index is 0.244. The topological polar surface area (TPSA) is 47.6 Å². The van der Waals surface area contributed by atoms with Gasteiger partial charge in [-0.05, 0) is 34.9 Å². The first kappa shape index (κ1) is 18.3. The zero-order chi connectivity index (χ0) is 18.7. The number of carbonyl (C=O) groups is 1. The van der Waals surface area contributed by atoms with Gasteiger partial charge in [0.2, 0.25) is 0 Å². The lowest BCUT2D eigenvalue weighted by Crippen LogP contribution is -2.18. The fourth-order valence-corrected chi connectivity index (χ4v) is 2.39.